The molecule has 0 fully saturated rings. The molecule has 0 aliphatic heterocycles. The number of anilines is 1. The van der Waals surface area contributed by atoms with Crippen LogP contribution in [-0.2, 0) is 19.3 Å². The predicted octanol–water partition coefficient (Wildman–Crippen LogP) is 2.64. The normalized spacial score (nSPS) is 12.4. The van der Waals surface area contributed by atoms with Crippen LogP contribution in [0.1, 0.15) is 49.2 Å². The molecule has 0 spiro atoms. The SMILES string of the molecule is CCc1nnc(NC(C)Cc2c(C)noc2C)nc1CC. The molecule has 114 valence electrons. The van der Waals surface area contributed by atoms with Crippen LogP contribution in [0, 0.1) is 13.8 Å². The van der Waals surface area contributed by atoms with Gasteiger partial charge in [-0.25, -0.2) is 4.98 Å². The van der Waals surface area contributed by atoms with E-state index in [-0.39, 0.29) is 6.04 Å². The Balaban J connectivity index is 2.07. The summed E-state index contributed by atoms with van der Waals surface area (Å²) in [6.45, 7) is 10.1. The number of nitrogens with zero attached hydrogens (tertiary/aromatic N) is 4. The maximum atomic E-state index is 5.19. The van der Waals surface area contributed by atoms with E-state index in [2.05, 4.69) is 46.4 Å². The number of aryl methyl sites for hydroxylation is 4. The van der Waals surface area contributed by atoms with E-state index in [1.165, 1.54) is 0 Å². The molecule has 0 amide bonds. The first kappa shape index (κ1) is 15.4. The highest BCUT2D eigenvalue weighted by atomic mass is 16.5. The Morgan fingerprint density at radius 1 is 1.10 bits per heavy atom. The molecule has 2 aromatic rings. The Morgan fingerprint density at radius 3 is 2.38 bits per heavy atom. The van der Waals surface area contributed by atoms with Crippen LogP contribution >= 0.6 is 0 Å². The van der Waals surface area contributed by atoms with Crippen LogP contribution in [-0.4, -0.2) is 26.4 Å². The number of aromatic nitrogens is 4. The van der Waals surface area contributed by atoms with Gasteiger partial charge >= 0.3 is 0 Å². The Kier molecular flexibility index (Phi) is 4.88. The van der Waals surface area contributed by atoms with Gasteiger partial charge in [0, 0.05) is 11.6 Å². The van der Waals surface area contributed by atoms with E-state index in [4.69, 9.17) is 4.52 Å². The number of rotatable bonds is 6. The summed E-state index contributed by atoms with van der Waals surface area (Å²) in [5.74, 6) is 1.46. The first-order valence-corrected chi connectivity index (χ1v) is 7.45. The summed E-state index contributed by atoms with van der Waals surface area (Å²) < 4.78 is 5.19. The van der Waals surface area contributed by atoms with Gasteiger partial charge in [-0.1, -0.05) is 19.0 Å². The van der Waals surface area contributed by atoms with Crippen molar-refractivity contribution in [2.45, 2.75) is 59.9 Å². The lowest BCUT2D eigenvalue weighted by Gasteiger charge is -2.14. The van der Waals surface area contributed by atoms with E-state index in [1.54, 1.807) is 0 Å². The minimum absolute atomic E-state index is 0.181. The third kappa shape index (κ3) is 3.56. The van der Waals surface area contributed by atoms with Gasteiger partial charge in [-0.3, -0.25) is 0 Å². The standard InChI is InChI=1S/C15H23N5O/c1-6-13-14(7-2)18-19-15(17-13)16-9(3)8-12-10(4)20-21-11(12)5/h9H,6-8H2,1-5H3,(H,16,17,19). The highest BCUT2D eigenvalue weighted by Crippen LogP contribution is 2.16. The van der Waals surface area contributed by atoms with E-state index >= 15 is 0 Å². The maximum Gasteiger partial charge on any atom is 0.243 e. The van der Waals surface area contributed by atoms with Crippen molar-refractivity contribution in [1.29, 1.82) is 0 Å². The fraction of sp³-hybridized carbons (Fsp3) is 0.600. The van der Waals surface area contributed by atoms with E-state index in [0.717, 1.165) is 47.7 Å². The van der Waals surface area contributed by atoms with Crippen molar-refractivity contribution < 1.29 is 4.52 Å². The minimum atomic E-state index is 0.181. The zero-order chi connectivity index (χ0) is 15.4. The second-order valence-corrected chi connectivity index (χ2v) is 5.29. The molecular weight excluding hydrogens is 266 g/mol. The number of hydrogen-bond acceptors (Lipinski definition) is 6. The largest absolute Gasteiger partial charge is 0.361 e. The molecule has 0 bridgehead atoms. The molecule has 1 atom stereocenters. The van der Waals surface area contributed by atoms with Crippen molar-refractivity contribution >= 4 is 5.95 Å². The average Bonchev–Trinajstić information content (AvgIpc) is 2.79. The van der Waals surface area contributed by atoms with Gasteiger partial charge in [0.05, 0.1) is 17.1 Å². The molecule has 2 aromatic heterocycles. The van der Waals surface area contributed by atoms with Crippen LogP contribution in [0.4, 0.5) is 5.95 Å². The molecule has 0 aromatic carbocycles. The Hall–Kier alpha value is -1.98. The van der Waals surface area contributed by atoms with Crippen molar-refractivity contribution in [2.75, 3.05) is 5.32 Å². The molecule has 6 heteroatoms. The molecule has 21 heavy (non-hydrogen) atoms. The van der Waals surface area contributed by atoms with Crippen LogP contribution in [0.25, 0.3) is 0 Å². The summed E-state index contributed by atoms with van der Waals surface area (Å²) >= 11 is 0. The third-order valence-electron chi connectivity index (χ3n) is 3.58. The number of nitrogens with one attached hydrogen (secondary N) is 1. The molecule has 0 aliphatic rings. The third-order valence-corrected chi connectivity index (χ3v) is 3.58. The van der Waals surface area contributed by atoms with Crippen molar-refractivity contribution in [2.24, 2.45) is 0 Å². The van der Waals surface area contributed by atoms with Crippen molar-refractivity contribution in [3.63, 3.8) is 0 Å². The van der Waals surface area contributed by atoms with Gasteiger partial charge in [-0.05, 0) is 40.0 Å². The minimum Gasteiger partial charge on any atom is -0.361 e. The lowest BCUT2D eigenvalue weighted by molar-refractivity contribution is 0.392. The maximum absolute atomic E-state index is 5.19. The van der Waals surface area contributed by atoms with Crippen LogP contribution in [0.15, 0.2) is 4.52 Å². The molecule has 2 heterocycles. The van der Waals surface area contributed by atoms with E-state index in [0.29, 0.717) is 5.95 Å². The summed E-state index contributed by atoms with van der Waals surface area (Å²) in [5, 5.41) is 15.7. The van der Waals surface area contributed by atoms with Crippen LogP contribution in [0.3, 0.4) is 0 Å². The Morgan fingerprint density at radius 2 is 1.81 bits per heavy atom. The first-order chi connectivity index (χ1) is 10.0. The van der Waals surface area contributed by atoms with E-state index < -0.39 is 0 Å². The van der Waals surface area contributed by atoms with Gasteiger partial charge in [0.15, 0.2) is 0 Å². The zero-order valence-corrected chi connectivity index (χ0v) is 13.4. The molecule has 1 unspecified atom stereocenters. The zero-order valence-electron chi connectivity index (χ0n) is 13.4. The van der Waals surface area contributed by atoms with Crippen molar-refractivity contribution in [3.8, 4) is 0 Å². The molecule has 0 radical (unpaired) electrons. The summed E-state index contributed by atoms with van der Waals surface area (Å²) in [5.41, 5.74) is 4.07. The fourth-order valence-corrected chi connectivity index (χ4v) is 2.37. The van der Waals surface area contributed by atoms with E-state index in [1.807, 2.05) is 13.8 Å². The monoisotopic (exact) mass is 289 g/mol. The summed E-state index contributed by atoms with van der Waals surface area (Å²) in [6.07, 6.45) is 2.55. The van der Waals surface area contributed by atoms with Gasteiger partial charge in [0.1, 0.15) is 5.76 Å². The van der Waals surface area contributed by atoms with Gasteiger partial charge in [-0.2, -0.15) is 5.10 Å². The quantitative estimate of drug-likeness (QED) is 0.881. The molecule has 0 aliphatic carbocycles. The predicted molar refractivity (Wildman–Crippen MR) is 81.3 cm³/mol. The van der Waals surface area contributed by atoms with Gasteiger partial charge in [0.2, 0.25) is 5.95 Å². The Labute approximate surface area is 125 Å². The molecule has 1 N–H and O–H groups in total. The molecular formula is C15H23N5O. The summed E-state index contributed by atoms with van der Waals surface area (Å²) in [6, 6.07) is 0.181. The highest BCUT2D eigenvalue weighted by Gasteiger charge is 2.14. The lowest BCUT2D eigenvalue weighted by atomic mass is 10.1. The first-order valence-electron chi connectivity index (χ1n) is 7.45. The van der Waals surface area contributed by atoms with Gasteiger partial charge < -0.3 is 9.84 Å². The smallest absolute Gasteiger partial charge is 0.243 e. The fourth-order valence-electron chi connectivity index (χ4n) is 2.37. The van der Waals surface area contributed by atoms with Crippen LogP contribution in [0.5, 0.6) is 0 Å². The molecule has 0 saturated carbocycles. The molecule has 6 nitrogen and oxygen atoms in total. The summed E-state index contributed by atoms with van der Waals surface area (Å²) in [7, 11) is 0. The highest BCUT2D eigenvalue weighted by molar-refractivity contribution is 5.29. The van der Waals surface area contributed by atoms with Gasteiger partial charge in [0.25, 0.3) is 0 Å². The topological polar surface area (TPSA) is 76.7 Å². The van der Waals surface area contributed by atoms with Crippen LogP contribution < -0.4 is 5.32 Å². The Bertz CT molecular complexity index is 589. The molecule has 2 rings (SSSR count). The van der Waals surface area contributed by atoms with Crippen molar-refractivity contribution in [3.05, 3.63) is 28.4 Å². The second-order valence-electron chi connectivity index (χ2n) is 5.29. The molecule has 0 saturated heterocycles. The summed E-state index contributed by atoms with van der Waals surface area (Å²) in [4.78, 5) is 4.55. The van der Waals surface area contributed by atoms with Crippen molar-refractivity contribution in [1.82, 2.24) is 20.3 Å². The van der Waals surface area contributed by atoms with Crippen LogP contribution in [0.2, 0.25) is 0 Å². The second kappa shape index (κ2) is 6.65. The average molecular weight is 289 g/mol. The number of hydrogen-bond donors (Lipinski definition) is 1. The lowest BCUT2D eigenvalue weighted by Crippen LogP contribution is -2.21. The van der Waals surface area contributed by atoms with Gasteiger partial charge in [-0.15, -0.1) is 5.10 Å². The van der Waals surface area contributed by atoms with E-state index in [9.17, 15) is 0 Å².